The first-order valence-electron chi connectivity index (χ1n) is 7.73. The van der Waals surface area contributed by atoms with E-state index >= 15 is 0 Å². The molecule has 4 nitrogen and oxygen atoms in total. The highest BCUT2D eigenvalue weighted by Gasteiger charge is 2.08. The molecule has 0 aliphatic rings. The first-order valence-corrected chi connectivity index (χ1v) is 8.61. The van der Waals surface area contributed by atoms with E-state index in [1.165, 1.54) is 11.3 Å². The molecule has 1 amide bonds. The van der Waals surface area contributed by atoms with Gasteiger partial charge in [-0.2, -0.15) is 0 Å². The predicted octanol–water partition coefficient (Wildman–Crippen LogP) is 4.02. The third kappa shape index (κ3) is 4.20. The summed E-state index contributed by atoms with van der Waals surface area (Å²) in [4.78, 5) is 24.3. The Hall–Kier alpha value is -2.66. The molecule has 0 unspecified atom stereocenters. The molecule has 0 spiro atoms. The third-order valence-corrected chi connectivity index (χ3v) is 4.41. The number of fused-ring (bicyclic) bond motifs is 1. The molecule has 24 heavy (non-hydrogen) atoms. The molecule has 1 N–H and O–H groups in total. The fourth-order valence-corrected chi connectivity index (χ4v) is 2.98. The van der Waals surface area contributed by atoms with E-state index in [1.54, 1.807) is 12.1 Å². The first kappa shape index (κ1) is 16.2. The summed E-state index contributed by atoms with van der Waals surface area (Å²) in [5.74, 6) is 0.143. The minimum absolute atomic E-state index is 0.104. The van der Waals surface area contributed by atoms with Crippen LogP contribution in [-0.4, -0.2) is 18.4 Å². The Morgan fingerprint density at radius 3 is 2.62 bits per heavy atom. The molecular formula is C19H17NO3S. The molecule has 0 aliphatic heterocycles. The molecule has 0 saturated heterocycles. The van der Waals surface area contributed by atoms with Gasteiger partial charge in [-0.25, -0.2) is 0 Å². The van der Waals surface area contributed by atoms with Gasteiger partial charge in [0.15, 0.2) is 0 Å². The lowest BCUT2D eigenvalue weighted by Crippen LogP contribution is -2.24. The Morgan fingerprint density at radius 1 is 1.00 bits per heavy atom. The molecule has 1 heterocycles. The number of amides is 1. The Bertz CT molecular complexity index is 843. The predicted molar refractivity (Wildman–Crippen MR) is 95.5 cm³/mol. The maximum absolute atomic E-state index is 11.9. The van der Waals surface area contributed by atoms with E-state index in [9.17, 15) is 9.59 Å². The lowest BCUT2D eigenvalue weighted by Gasteiger charge is -2.06. The van der Waals surface area contributed by atoms with Crippen molar-refractivity contribution < 1.29 is 14.3 Å². The van der Waals surface area contributed by atoms with Crippen LogP contribution in [0.5, 0.6) is 5.75 Å². The van der Waals surface area contributed by atoms with Crippen molar-refractivity contribution in [1.29, 1.82) is 0 Å². The zero-order valence-electron chi connectivity index (χ0n) is 13.0. The average Bonchev–Trinajstić information content (AvgIpc) is 3.13. The van der Waals surface area contributed by atoms with Crippen molar-refractivity contribution in [1.82, 2.24) is 5.32 Å². The van der Waals surface area contributed by atoms with Crippen LogP contribution in [0.1, 0.15) is 22.5 Å². The lowest BCUT2D eigenvalue weighted by atomic mass is 10.1. The molecule has 0 radical (unpaired) electrons. The number of thiophene rings is 1. The molecule has 1 aromatic heterocycles. The highest BCUT2D eigenvalue weighted by atomic mass is 32.1. The van der Waals surface area contributed by atoms with Crippen LogP contribution in [0.2, 0.25) is 0 Å². The van der Waals surface area contributed by atoms with Gasteiger partial charge < -0.3 is 10.1 Å². The van der Waals surface area contributed by atoms with Crippen LogP contribution >= 0.6 is 11.3 Å². The van der Waals surface area contributed by atoms with E-state index in [4.69, 9.17) is 4.74 Å². The van der Waals surface area contributed by atoms with E-state index in [2.05, 4.69) is 5.32 Å². The van der Waals surface area contributed by atoms with E-state index in [0.29, 0.717) is 23.6 Å². The lowest BCUT2D eigenvalue weighted by molar-refractivity contribution is -0.134. The summed E-state index contributed by atoms with van der Waals surface area (Å²) in [6.45, 7) is 0.448. The van der Waals surface area contributed by atoms with E-state index in [1.807, 2.05) is 47.8 Å². The van der Waals surface area contributed by atoms with Gasteiger partial charge in [0.25, 0.3) is 5.91 Å². The maximum atomic E-state index is 11.9. The highest BCUT2D eigenvalue weighted by Crippen LogP contribution is 2.20. The van der Waals surface area contributed by atoms with Crippen molar-refractivity contribution in [2.45, 2.75) is 12.8 Å². The minimum atomic E-state index is -0.296. The zero-order valence-corrected chi connectivity index (χ0v) is 13.8. The molecule has 3 aromatic rings. The van der Waals surface area contributed by atoms with Crippen molar-refractivity contribution >= 4 is 34.0 Å². The standard InChI is InChI=1S/C19H17NO3S/c21-18(8-3-11-20-19(22)17-7-4-12-24-17)23-16-10-9-14-5-1-2-6-15(14)13-16/h1-2,4-7,9-10,12-13H,3,8,11H2,(H,20,22). The number of carbonyl (C=O) groups is 2. The summed E-state index contributed by atoms with van der Waals surface area (Å²) in [7, 11) is 0. The number of hydrogen-bond donors (Lipinski definition) is 1. The number of ether oxygens (including phenoxy) is 1. The summed E-state index contributed by atoms with van der Waals surface area (Å²) < 4.78 is 5.35. The van der Waals surface area contributed by atoms with Gasteiger partial charge in [-0.1, -0.05) is 36.4 Å². The van der Waals surface area contributed by atoms with Gasteiger partial charge in [0.1, 0.15) is 5.75 Å². The van der Waals surface area contributed by atoms with Crippen LogP contribution in [0.3, 0.4) is 0 Å². The van der Waals surface area contributed by atoms with Crippen LogP contribution in [-0.2, 0) is 4.79 Å². The van der Waals surface area contributed by atoms with Gasteiger partial charge in [-0.3, -0.25) is 9.59 Å². The number of rotatable bonds is 6. The fraction of sp³-hybridized carbons (Fsp3) is 0.158. The molecule has 122 valence electrons. The van der Waals surface area contributed by atoms with Crippen molar-refractivity contribution in [3.63, 3.8) is 0 Å². The summed E-state index contributed by atoms with van der Waals surface area (Å²) >= 11 is 1.39. The second-order valence-corrected chi connectivity index (χ2v) is 6.27. The van der Waals surface area contributed by atoms with Gasteiger partial charge in [0.2, 0.25) is 0 Å². The smallest absolute Gasteiger partial charge is 0.311 e. The van der Waals surface area contributed by atoms with E-state index in [-0.39, 0.29) is 18.3 Å². The number of esters is 1. The maximum Gasteiger partial charge on any atom is 0.311 e. The molecule has 2 aromatic carbocycles. The highest BCUT2D eigenvalue weighted by molar-refractivity contribution is 7.12. The van der Waals surface area contributed by atoms with Gasteiger partial charge in [-0.05, 0) is 40.8 Å². The molecule has 0 fully saturated rings. The Balaban J connectivity index is 1.44. The van der Waals surface area contributed by atoms with Crippen LogP contribution in [0.25, 0.3) is 10.8 Å². The molecular weight excluding hydrogens is 322 g/mol. The summed E-state index contributed by atoms with van der Waals surface area (Å²) in [5.41, 5.74) is 0. The second kappa shape index (κ2) is 7.75. The Kier molecular flexibility index (Phi) is 5.23. The second-order valence-electron chi connectivity index (χ2n) is 5.32. The summed E-state index contributed by atoms with van der Waals surface area (Å²) in [5, 5.41) is 6.79. The normalized spacial score (nSPS) is 10.5. The molecule has 0 atom stereocenters. The zero-order chi connectivity index (χ0) is 16.8. The quantitative estimate of drug-likeness (QED) is 0.419. The molecule has 0 saturated carbocycles. The number of hydrogen-bond acceptors (Lipinski definition) is 4. The van der Waals surface area contributed by atoms with Crippen molar-refractivity contribution in [3.8, 4) is 5.75 Å². The van der Waals surface area contributed by atoms with Gasteiger partial charge >= 0.3 is 5.97 Å². The summed E-state index contributed by atoms with van der Waals surface area (Å²) in [6, 6.07) is 17.1. The topological polar surface area (TPSA) is 55.4 Å². The van der Waals surface area contributed by atoms with Gasteiger partial charge in [0, 0.05) is 13.0 Å². The van der Waals surface area contributed by atoms with Crippen molar-refractivity contribution in [2.24, 2.45) is 0 Å². The number of nitrogens with one attached hydrogen (secondary N) is 1. The van der Waals surface area contributed by atoms with Crippen molar-refractivity contribution in [3.05, 3.63) is 64.9 Å². The van der Waals surface area contributed by atoms with Crippen molar-refractivity contribution in [2.75, 3.05) is 6.54 Å². The molecule has 5 heteroatoms. The van der Waals surface area contributed by atoms with Crippen LogP contribution in [0.4, 0.5) is 0 Å². The van der Waals surface area contributed by atoms with Crippen LogP contribution in [0, 0.1) is 0 Å². The van der Waals surface area contributed by atoms with Gasteiger partial charge in [0.05, 0.1) is 4.88 Å². The largest absolute Gasteiger partial charge is 0.427 e. The molecule has 3 rings (SSSR count). The van der Waals surface area contributed by atoms with Gasteiger partial charge in [-0.15, -0.1) is 11.3 Å². The Labute approximate surface area is 144 Å². The van der Waals surface area contributed by atoms with Crippen LogP contribution in [0.15, 0.2) is 60.0 Å². The molecule has 0 aliphatic carbocycles. The number of carbonyl (C=O) groups excluding carboxylic acids is 2. The minimum Gasteiger partial charge on any atom is -0.427 e. The average molecular weight is 339 g/mol. The fourth-order valence-electron chi connectivity index (χ4n) is 2.34. The Morgan fingerprint density at radius 2 is 1.83 bits per heavy atom. The first-order chi connectivity index (χ1) is 11.7. The molecule has 0 bridgehead atoms. The van der Waals surface area contributed by atoms with Crippen LogP contribution < -0.4 is 10.1 Å². The monoisotopic (exact) mass is 339 g/mol. The van der Waals surface area contributed by atoms with E-state index < -0.39 is 0 Å². The number of benzene rings is 2. The summed E-state index contributed by atoms with van der Waals surface area (Å²) in [6.07, 6.45) is 0.807. The third-order valence-electron chi connectivity index (χ3n) is 3.54. The SMILES string of the molecule is O=C(CCCNC(=O)c1cccs1)Oc1ccc2ccccc2c1. The van der Waals surface area contributed by atoms with E-state index in [0.717, 1.165) is 10.8 Å².